The van der Waals surface area contributed by atoms with Gasteiger partial charge in [-0.3, -0.25) is 9.59 Å². The number of nitrogens with one attached hydrogen (secondary N) is 2. The molecule has 0 radical (unpaired) electrons. The molecule has 0 bridgehead atoms. The van der Waals surface area contributed by atoms with Crippen LogP contribution in [0, 0.1) is 0 Å². The van der Waals surface area contributed by atoms with Crippen LogP contribution in [0.1, 0.15) is 29.3 Å². The summed E-state index contributed by atoms with van der Waals surface area (Å²) in [4.78, 5) is 25.0. The van der Waals surface area contributed by atoms with Gasteiger partial charge in [-0.15, -0.1) is 0 Å². The number of hydrogen-bond acceptors (Lipinski definition) is 5. The summed E-state index contributed by atoms with van der Waals surface area (Å²) in [7, 11) is -3.08. The second kappa shape index (κ2) is 9.09. The Morgan fingerprint density at radius 2 is 1.79 bits per heavy atom. The molecule has 2 N–H and O–H groups in total. The van der Waals surface area contributed by atoms with Crippen LogP contribution in [0.4, 0.5) is 0 Å². The number of amides is 2. The predicted molar refractivity (Wildman–Crippen MR) is 109 cm³/mol. The zero-order chi connectivity index (χ0) is 20.9. The summed E-state index contributed by atoms with van der Waals surface area (Å²) in [6.07, 6.45) is -0.472. The van der Waals surface area contributed by atoms with E-state index in [1.165, 1.54) is 0 Å². The van der Waals surface area contributed by atoms with Crippen LogP contribution in [0.5, 0.6) is 5.75 Å². The number of carbonyl (C=O) groups excluding carboxylic acids is 2. The highest BCUT2D eigenvalue weighted by Gasteiger charge is 2.30. The summed E-state index contributed by atoms with van der Waals surface area (Å²) in [5.74, 6) is -0.396. The highest BCUT2D eigenvalue weighted by molar-refractivity contribution is 7.91. The van der Waals surface area contributed by atoms with Crippen molar-refractivity contribution >= 4 is 21.7 Å². The second-order valence-electron chi connectivity index (χ2n) is 7.03. The molecule has 2 unspecified atom stereocenters. The smallest absolute Gasteiger partial charge is 0.261 e. The Bertz CT molecular complexity index is 976. The molecule has 1 heterocycles. The van der Waals surface area contributed by atoms with E-state index in [-0.39, 0.29) is 17.4 Å². The molecule has 0 saturated carbocycles. The maximum atomic E-state index is 12.6. The average molecular weight is 416 g/mol. The molecular weight excluding hydrogens is 392 g/mol. The number of para-hydroxylation sites is 1. The molecular formula is C21H24N2O5S. The van der Waals surface area contributed by atoms with Crippen molar-refractivity contribution < 1.29 is 22.7 Å². The largest absolute Gasteiger partial charge is 0.480 e. The van der Waals surface area contributed by atoms with Crippen molar-refractivity contribution in [3.63, 3.8) is 0 Å². The Kier molecular flexibility index (Phi) is 6.53. The zero-order valence-corrected chi connectivity index (χ0v) is 16.9. The van der Waals surface area contributed by atoms with Crippen LogP contribution in [-0.2, 0) is 21.2 Å². The van der Waals surface area contributed by atoms with E-state index in [0.717, 1.165) is 5.56 Å². The highest BCUT2D eigenvalue weighted by atomic mass is 32.2. The molecule has 2 aromatic rings. The van der Waals surface area contributed by atoms with Gasteiger partial charge in [0.1, 0.15) is 5.75 Å². The second-order valence-corrected chi connectivity index (χ2v) is 9.26. The third-order valence-corrected chi connectivity index (χ3v) is 6.45. The molecule has 2 aromatic carbocycles. The molecule has 29 heavy (non-hydrogen) atoms. The predicted octanol–water partition coefficient (Wildman–Crippen LogP) is 1.69. The number of sulfone groups is 1. The minimum atomic E-state index is -3.08. The maximum absolute atomic E-state index is 12.6. The van der Waals surface area contributed by atoms with E-state index in [2.05, 4.69) is 10.6 Å². The van der Waals surface area contributed by atoms with Crippen LogP contribution in [-0.4, -0.2) is 43.9 Å². The van der Waals surface area contributed by atoms with Crippen molar-refractivity contribution in [1.82, 2.24) is 10.6 Å². The summed E-state index contributed by atoms with van der Waals surface area (Å²) in [6.45, 7) is 1.94. The Hall–Kier alpha value is -2.87. The molecule has 8 heteroatoms. The molecule has 154 valence electrons. The van der Waals surface area contributed by atoms with Gasteiger partial charge in [-0.05, 0) is 31.0 Å². The third kappa shape index (κ3) is 5.80. The summed E-state index contributed by atoms with van der Waals surface area (Å²) >= 11 is 0. The van der Waals surface area contributed by atoms with Gasteiger partial charge in [0.05, 0.1) is 17.1 Å². The third-order valence-electron chi connectivity index (χ3n) is 4.68. The number of benzene rings is 2. The highest BCUT2D eigenvalue weighted by Crippen LogP contribution is 2.20. The molecule has 2 amide bonds. The lowest BCUT2D eigenvalue weighted by Crippen LogP contribution is -2.43. The number of carbonyl (C=O) groups is 2. The Balaban J connectivity index is 1.60. The Labute approximate surface area is 170 Å². The van der Waals surface area contributed by atoms with E-state index in [9.17, 15) is 18.0 Å². The van der Waals surface area contributed by atoms with Gasteiger partial charge in [0, 0.05) is 12.6 Å². The van der Waals surface area contributed by atoms with Crippen LogP contribution in [0.15, 0.2) is 54.6 Å². The molecule has 0 spiro atoms. The zero-order valence-electron chi connectivity index (χ0n) is 16.1. The molecule has 2 atom stereocenters. The maximum Gasteiger partial charge on any atom is 0.261 e. The quantitative estimate of drug-likeness (QED) is 0.715. The van der Waals surface area contributed by atoms with E-state index in [4.69, 9.17) is 4.74 Å². The molecule has 1 aliphatic rings. The average Bonchev–Trinajstić information content (AvgIpc) is 3.05. The minimum Gasteiger partial charge on any atom is -0.480 e. The topological polar surface area (TPSA) is 102 Å². The SMILES string of the molecule is CC(Oc1ccccc1C(=O)NCc1ccccc1)C(=O)NC1CCS(=O)(=O)C1. The Morgan fingerprint density at radius 3 is 2.48 bits per heavy atom. The van der Waals surface area contributed by atoms with Crippen LogP contribution in [0.2, 0.25) is 0 Å². The van der Waals surface area contributed by atoms with Gasteiger partial charge in [-0.25, -0.2) is 8.42 Å². The first-order valence-corrected chi connectivity index (χ1v) is 11.2. The monoisotopic (exact) mass is 416 g/mol. The van der Waals surface area contributed by atoms with E-state index >= 15 is 0 Å². The van der Waals surface area contributed by atoms with E-state index in [0.29, 0.717) is 24.3 Å². The normalized spacial score (nSPS) is 18.6. The van der Waals surface area contributed by atoms with Gasteiger partial charge < -0.3 is 15.4 Å². The molecule has 0 aromatic heterocycles. The van der Waals surface area contributed by atoms with Gasteiger partial charge in [0.2, 0.25) is 0 Å². The van der Waals surface area contributed by atoms with Gasteiger partial charge in [0.25, 0.3) is 11.8 Å². The fraction of sp³-hybridized carbons (Fsp3) is 0.333. The van der Waals surface area contributed by atoms with Crippen molar-refractivity contribution in [3.8, 4) is 5.75 Å². The molecule has 0 aliphatic carbocycles. The summed E-state index contributed by atoms with van der Waals surface area (Å²) in [6, 6.07) is 15.8. The summed E-state index contributed by atoms with van der Waals surface area (Å²) in [5, 5.41) is 5.55. The van der Waals surface area contributed by atoms with Crippen molar-refractivity contribution in [2.45, 2.75) is 32.0 Å². The van der Waals surface area contributed by atoms with Gasteiger partial charge >= 0.3 is 0 Å². The molecule has 3 rings (SSSR count). The minimum absolute atomic E-state index is 0.0516. The van der Waals surface area contributed by atoms with E-state index < -0.39 is 27.9 Å². The summed E-state index contributed by atoms with van der Waals surface area (Å²) in [5.41, 5.74) is 1.30. The first-order valence-electron chi connectivity index (χ1n) is 9.43. The molecule has 1 saturated heterocycles. The van der Waals surface area contributed by atoms with Gasteiger partial charge in [-0.2, -0.15) is 0 Å². The first kappa shape index (κ1) is 20.9. The number of ether oxygens (including phenoxy) is 1. The fourth-order valence-corrected chi connectivity index (χ4v) is 4.78. The van der Waals surface area contributed by atoms with Crippen LogP contribution in [0.3, 0.4) is 0 Å². The van der Waals surface area contributed by atoms with Crippen molar-refractivity contribution in [2.24, 2.45) is 0 Å². The molecule has 1 aliphatic heterocycles. The molecule has 7 nitrogen and oxygen atoms in total. The van der Waals surface area contributed by atoms with Crippen molar-refractivity contribution in [1.29, 1.82) is 0 Å². The molecule has 1 fully saturated rings. The lowest BCUT2D eigenvalue weighted by Gasteiger charge is -2.19. The van der Waals surface area contributed by atoms with Gasteiger partial charge in [0.15, 0.2) is 15.9 Å². The fourth-order valence-electron chi connectivity index (χ4n) is 3.10. The Morgan fingerprint density at radius 1 is 1.10 bits per heavy atom. The lowest BCUT2D eigenvalue weighted by molar-refractivity contribution is -0.127. The first-order chi connectivity index (χ1) is 13.8. The van der Waals surface area contributed by atoms with Crippen molar-refractivity contribution in [2.75, 3.05) is 11.5 Å². The number of hydrogen-bond donors (Lipinski definition) is 2. The standard InChI is InChI=1S/C21H24N2O5S/c1-15(20(24)23-17-11-12-29(26,27)14-17)28-19-10-6-5-9-18(19)21(25)22-13-16-7-3-2-4-8-16/h2-10,15,17H,11-14H2,1H3,(H,22,25)(H,23,24). The van der Waals surface area contributed by atoms with E-state index in [1.807, 2.05) is 30.3 Å². The lowest BCUT2D eigenvalue weighted by atomic mass is 10.1. The van der Waals surface area contributed by atoms with Crippen LogP contribution >= 0.6 is 0 Å². The van der Waals surface area contributed by atoms with Crippen molar-refractivity contribution in [3.05, 3.63) is 65.7 Å². The number of rotatable bonds is 7. The van der Waals surface area contributed by atoms with E-state index in [1.54, 1.807) is 31.2 Å². The summed E-state index contributed by atoms with van der Waals surface area (Å²) < 4.78 is 28.8. The van der Waals surface area contributed by atoms with Crippen LogP contribution in [0.25, 0.3) is 0 Å². The van der Waals surface area contributed by atoms with Crippen LogP contribution < -0.4 is 15.4 Å². The van der Waals surface area contributed by atoms with Gasteiger partial charge in [-0.1, -0.05) is 42.5 Å².